The summed E-state index contributed by atoms with van der Waals surface area (Å²) in [5.41, 5.74) is -2.55. The van der Waals surface area contributed by atoms with Gasteiger partial charge in [-0.2, -0.15) is 0 Å². The average Bonchev–Trinajstić information content (AvgIpc) is 2.08. The number of carboxylic acid groups (broad SMARTS) is 1. The van der Waals surface area contributed by atoms with Crippen molar-refractivity contribution in [2.75, 3.05) is 0 Å². The summed E-state index contributed by atoms with van der Waals surface area (Å²) >= 11 is 0. The van der Waals surface area contributed by atoms with Gasteiger partial charge in [0.1, 0.15) is 0 Å². The number of carbonyl (C=O) groups is 1. The van der Waals surface area contributed by atoms with Gasteiger partial charge >= 0.3 is 23.0 Å². The molecular formula is C7H9N3O5. The van der Waals surface area contributed by atoms with Crippen LogP contribution < -0.4 is 17.1 Å². The minimum Gasteiger partial charge on any atom is -0.481 e. The molecule has 0 spiro atoms. The highest BCUT2D eigenvalue weighted by atomic mass is 16.4. The molecule has 0 radical (unpaired) electrons. The van der Waals surface area contributed by atoms with Gasteiger partial charge in [0.2, 0.25) is 0 Å². The van der Waals surface area contributed by atoms with Gasteiger partial charge in [0.25, 0.3) is 0 Å². The number of aromatic amines is 2. The van der Waals surface area contributed by atoms with E-state index in [9.17, 15) is 19.2 Å². The second kappa shape index (κ2) is 4.40. The van der Waals surface area contributed by atoms with Crippen LogP contribution in [0, 0.1) is 0 Å². The topological polar surface area (TPSA) is 125 Å². The molecule has 1 heterocycles. The SMILES string of the molecule is O=C(O)CCCn1c(=O)[nH]c(=O)[nH]c1=O. The maximum atomic E-state index is 11.1. The highest BCUT2D eigenvalue weighted by molar-refractivity contribution is 5.66. The Kier molecular flexibility index (Phi) is 3.21. The van der Waals surface area contributed by atoms with Crippen molar-refractivity contribution in [3.8, 4) is 0 Å². The van der Waals surface area contributed by atoms with Crippen LogP contribution in [0.4, 0.5) is 0 Å². The second-order valence-corrected chi connectivity index (χ2v) is 2.84. The van der Waals surface area contributed by atoms with Crippen LogP contribution in [0.5, 0.6) is 0 Å². The Hall–Kier alpha value is -2.12. The van der Waals surface area contributed by atoms with Crippen molar-refractivity contribution in [1.29, 1.82) is 0 Å². The van der Waals surface area contributed by atoms with Crippen LogP contribution >= 0.6 is 0 Å². The van der Waals surface area contributed by atoms with E-state index >= 15 is 0 Å². The molecule has 0 amide bonds. The van der Waals surface area contributed by atoms with Crippen LogP contribution in [0.1, 0.15) is 12.8 Å². The fourth-order valence-electron chi connectivity index (χ4n) is 1.04. The molecular weight excluding hydrogens is 206 g/mol. The Morgan fingerprint density at radius 1 is 1.20 bits per heavy atom. The summed E-state index contributed by atoms with van der Waals surface area (Å²) in [5, 5.41) is 8.34. The number of aliphatic carboxylic acids is 1. The van der Waals surface area contributed by atoms with E-state index in [-0.39, 0.29) is 19.4 Å². The summed E-state index contributed by atoms with van der Waals surface area (Å²) in [6, 6.07) is 0. The molecule has 0 aliphatic rings. The van der Waals surface area contributed by atoms with Gasteiger partial charge in [0.05, 0.1) is 0 Å². The first-order valence-electron chi connectivity index (χ1n) is 4.16. The number of hydrogen-bond donors (Lipinski definition) is 3. The summed E-state index contributed by atoms with van der Waals surface area (Å²) in [6.07, 6.45) is -0.00459. The van der Waals surface area contributed by atoms with E-state index in [4.69, 9.17) is 5.11 Å². The first-order valence-corrected chi connectivity index (χ1v) is 4.16. The number of carboxylic acids is 1. The summed E-state index contributed by atoms with van der Waals surface area (Å²) in [7, 11) is 0. The average molecular weight is 215 g/mol. The second-order valence-electron chi connectivity index (χ2n) is 2.84. The number of rotatable bonds is 4. The first-order chi connectivity index (χ1) is 7.00. The zero-order chi connectivity index (χ0) is 11.4. The molecule has 82 valence electrons. The molecule has 0 bridgehead atoms. The van der Waals surface area contributed by atoms with Crippen molar-refractivity contribution in [3.63, 3.8) is 0 Å². The molecule has 0 atom stereocenters. The van der Waals surface area contributed by atoms with E-state index in [1.54, 1.807) is 0 Å². The third kappa shape index (κ3) is 2.93. The van der Waals surface area contributed by atoms with Crippen molar-refractivity contribution in [2.24, 2.45) is 0 Å². The van der Waals surface area contributed by atoms with Crippen molar-refractivity contribution in [3.05, 3.63) is 31.5 Å². The van der Waals surface area contributed by atoms with Crippen LogP contribution in [0.15, 0.2) is 14.4 Å². The number of H-pyrrole nitrogens is 2. The summed E-state index contributed by atoms with van der Waals surface area (Å²) in [5.74, 6) is -1.01. The molecule has 0 aromatic carbocycles. The molecule has 1 rings (SSSR count). The lowest BCUT2D eigenvalue weighted by atomic mass is 10.3. The molecule has 1 aromatic heterocycles. The molecule has 1 aromatic rings. The van der Waals surface area contributed by atoms with E-state index in [1.807, 2.05) is 9.97 Å². The zero-order valence-corrected chi connectivity index (χ0v) is 7.65. The Balaban J connectivity index is 2.87. The molecule has 8 nitrogen and oxygen atoms in total. The molecule has 0 aliphatic carbocycles. The fraction of sp³-hybridized carbons (Fsp3) is 0.429. The Labute approximate surface area is 82.2 Å². The first kappa shape index (κ1) is 11.0. The lowest BCUT2D eigenvalue weighted by molar-refractivity contribution is -0.137. The van der Waals surface area contributed by atoms with Crippen molar-refractivity contribution in [2.45, 2.75) is 19.4 Å². The molecule has 0 saturated carbocycles. The molecule has 8 heteroatoms. The number of hydrogen-bond acceptors (Lipinski definition) is 4. The van der Waals surface area contributed by atoms with Crippen molar-refractivity contribution in [1.82, 2.24) is 14.5 Å². The minimum absolute atomic E-state index is 0.0444. The number of nitrogens with zero attached hydrogens (tertiary/aromatic N) is 1. The standard InChI is InChI=1S/C7H9N3O5/c11-4(12)2-1-3-10-6(14)8-5(13)9-7(10)15/h1-3H2,(H,11,12)(H2,8,9,13,14,15). The highest BCUT2D eigenvalue weighted by Crippen LogP contribution is 1.89. The van der Waals surface area contributed by atoms with Crippen LogP contribution in [0.2, 0.25) is 0 Å². The fourth-order valence-corrected chi connectivity index (χ4v) is 1.04. The monoisotopic (exact) mass is 215 g/mol. The van der Waals surface area contributed by atoms with Crippen LogP contribution in [0.3, 0.4) is 0 Å². The van der Waals surface area contributed by atoms with Gasteiger partial charge in [-0.05, 0) is 6.42 Å². The van der Waals surface area contributed by atoms with Gasteiger partial charge < -0.3 is 5.11 Å². The third-order valence-electron chi connectivity index (χ3n) is 1.70. The van der Waals surface area contributed by atoms with Gasteiger partial charge in [0.15, 0.2) is 0 Å². The number of nitrogens with one attached hydrogen (secondary N) is 2. The molecule has 0 fully saturated rings. The molecule has 15 heavy (non-hydrogen) atoms. The minimum atomic E-state index is -1.01. The van der Waals surface area contributed by atoms with Crippen LogP contribution in [-0.2, 0) is 11.3 Å². The lowest BCUT2D eigenvalue weighted by Gasteiger charge is -2.00. The molecule has 0 unspecified atom stereocenters. The van der Waals surface area contributed by atoms with Crippen molar-refractivity contribution < 1.29 is 9.90 Å². The lowest BCUT2D eigenvalue weighted by Crippen LogP contribution is -2.43. The molecule has 3 N–H and O–H groups in total. The zero-order valence-electron chi connectivity index (χ0n) is 7.65. The molecule has 0 aliphatic heterocycles. The van der Waals surface area contributed by atoms with Crippen molar-refractivity contribution >= 4 is 5.97 Å². The van der Waals surface area contributed by atoms with Gasteiger partial charge in [-0.15, -0.1) is 0 Å². The van der Waals surface area contributed by atoms with E-state index in [0.717, 1.165) is 4.57 Å². The van der Waals surface area contributed by atoms with Gasteiger partial charge in [-0.25, -0.2) is 19.0 Å². The highest BCUT2D eigenvalue weighted by Gasteiger charge is 2.03. The van der Waals surface area contributed by atoms with Gasteiger partial charge in [0, 0.05) is 13.0 Å². The predicted octanol–water partition coefficient (Wildman–Crippen LogP) is -1.91. The maximum absolute atomic E-state index is 11.1. The Morgan fingerprint density at radius 2 is 1.73 bits per heavy atom. The smallest absolute Gasteiger partial charge is 0.333 e. The Bertz CT molecular complexity index is 488. The predicted molar refractivity (Wildman–Crippen MR) is 48.8 cm³/mol. The Morgan fingerprint density at radius 3 is 2.20 bits per heavy atom. The normalized spacial score (nSPS) is 10.1. The largest absolute Gasteiger partial charge is 0.481 e. The van der Waals surface area contributed by atoms with Gasteiger partial charge in [-0.3, -0.25) is 14.8 Å². The quantitative estimate of drug-likeness (QED) is 0.540. The van der Waals surface area contributed by atoms with Crippen LogP contribution in [0.25, 0.3) is 0 Å². The van der Waals surface area contributed by atoms with E-state index in [2.05, 4.69) is 0 Å². The maximum Gasteiger partial charge on any atom is 0.333 e. The summed E-state index contributed by atoms with van der Waals surface area (Å²) in [6.45, 7) is -0.0444. The van der Waals surface area contributed by atoms with E-state index < -0.39 is 23.0 Å². The van der Waals surface area contributed by atoms with Gasteiger partial charge in [-0.1, -0.05) is 0 Å². The number of aromatic nitrogens is 3. The third-order valence-corrected chi connectivity index (χ3v) is 1.70. The summed E-state index contributed by atoms with van der Waals surface area (Å²) in [4.78, 5) is 46.7. The summed E-state index contributed by atoms with van der Waals surface area (Å²) < 4.78 is 0.740. The molecule has 0 saturated heterocycles. The van der Waals surface area contributed by atoms with E-state index in [1.165, 1.54) is 0 Å². The van der Waals surface area contributed by atoms with E-state index in [0.29, 0.717) is 0 Å². The van der Waals surface area contributed by atoms with Crippen LogP contribution in [-0.4, -0.2) is 25.6 Å².